The first-order valence-corrected chi connectivity index (χ1v) is 12.4. The van der Waals surface area contributed by atoms with Gasteiger partial charge in [-0.05, 0) is 89.6 Å². The molecule has 0 spiro atoms. The van der Waals surface area contributed by atoms with E-state index in [-0.39, 0.29) is 24.8 Å². The van der Waals surface area contributed by atoms with E-state index in [1.54, 1.807) is 11.0 Å². The molecule has 0 fully saturated rings. The Balaban J connectivity index is -0.000000403. The molecular formula is C27H57N3O2. The highest BCUT2D eigenvalue weighted by Gasteiger charge is 2.20. The highest BCUT2D eigenvalue weighted by atomic mass is 16.6. The van der Waals surface area contributed by atoms with Gasteiger partial charge in [0.15, 0.2) is 0 Å². The van der Waals surface area contributed by atoms with E-state index in [1.807, 2.05) is 33.8 Å². The van der Waals surface area contributed by atoms with Crippen LogP contribution in [-0.2, 0) is 4.74 Å². The number of hydrogen-bond acceptors (Lipinski definition) is 4. The minimum absolute atomic E-state index is 0.164. The second kappa shape index (κ2) is 20.3. The van der Waals surface area contributed by atoms with Crippen molar-refractivity contribution in [3.05, 3.63) is 25.3 Å². The van der Waals surface area contributed by atoms with E-state index in [1.165, 1.54) is 0 Å². The number of amides is 1. The Hall–Kier alpha value is -1.33. The fourth-order valence-electron chi connectivity index (χ4n) is 3.72. The van der Waals surface area contributed by atoms with Crippen LogP contribution in [-0.4, -0.2) is 76.7 Å². The first-order chi connectivity index (χ1) is 14.7. The summed E-state index contributed by atoms with van der Waals surface area (Å²) in [4.78, 5) is 18.0. The smallest absolute Gasteiger partial charge is 0.410 e. The molecule has 0 aliphatic rings. The summed E-state index contributed by atoms with van der Waals surface area (Å²) in [6.07, 6.45) is 3.25. The van der Waals surface area contributed by atoms with Gasteiger partial charge in [0, 0.05) is 42.8 Å². The van der Waals surface area contributed by atoms with Crippen molar-refractivity contribution >= 4 is 6.09 Å². The third-order valence-electron chi connectivity index (χ3n) is 5.01. The van der Waals surface area contributed by atoms with Crippen molar-refractivity contribution in [3.63, 3.8) is 0 Å². The molecule has 0 heterocycles. The lowest BCUT2D eigenvalue weighted by molar-refractivity contribution is 0.0876. The molecule has 0 rings (SSSR count). The second-order valence-corrected chi connectivity index (χ2v) is 9.65. The fourth-order valence-corrected chi connectivity index (χ4v) is 3.72. The molecule has 1 amide bonds. The summed E-state index contributed by atoms with van der Waals surface area (Å²) in [5.41, 5.74) is 0. The van der Waals surface area contributed by atoms with Crippen LogP contribution in [0.5, 0.6) is 0 Å². The van der Waals surface area contributed by atoms with E-state index in [2.05, 4.69) is 85.3 Å². The Morgan fingerprint density at radius 2 is 1.06 bits per heavy atom. The summed E-state index contributed by atoms with van der Waals surface area (Å²) in [6, 6.07) is 2.95. The summed E-state index contributed by atoms with van der Waals surface area (Å²) in [5.74, 6) is 0. The highest BCUT2D eigenvalue weighted by molar-refractivity contribution is 5.68. The van der Waals surface area contributed by atoms with Gasteiger partial charge in [-0.2, -0.15) is 0 Å². The van der Waals surface area contributed by atoms with Crippen molar-refractivity contribution in [3.8, 4) is 0 Å². The van der Waals surface area contributed by atoms with Gasteiger partial charge in [-0.15, -0.1) is 6.58 Å². The van der Waals surface area contributed by atoms with Crippen molar-refractivity contribution in [1.29, 1.82) is 0 Å². The third-order valence-corrected chi connectivity index (χ3v) is 5.01. The van der Waals surface area contributed by atoms with E-state index < -0.39 is 0 Å². The Morgan fingerprint density at radius 3 is 1.22 bits per heavy atom. The molecule has 0 unspecified atom stereocenters. The predicted octanol–water partition coefficient (Wildman–Crippen LogP) is 6.84. The van der Waals surface area contributed by atoms with Crippen LogP contribution < -0.4 is 0 Å². The van der Waals surface area contributed by atoms with Crippen molar-refractivity contribution in [1.82, 2.24) is 14.7 Å². The van der Waals surface area contributed by atoms with E-state index in [0.29, 0.717) is 24.2 Å². The number of carbonyl (C=O) groups excluding carboxylic acids is 1. The molecule has 0 bridgehead atoms. The molecule has 0 aromatic heterocycles. The first-order valence-electron chi connectivity index (χ1n) is 12.4. The summed E-state index contributed by atoms with van der Waals surface area (Å²) < 4.78 is 4.94. The molecule has 0 aliphatic carbocycles. The Bertz CT molecular complexity index is 448. The van der Waals surface area contributed by atoms with Crippen molar-refractivity contribution in [2.75, 3.05) is 19.7 Å². The number of nitrogens with zero attached hydrogens (tertiary/aromatic N) is 3. The fraction of sp³-hybridized carbons (Fsp3) is 0.815. The van der Waals surface area contributed by atoms with Crippen LogP contribution >= 0.6 is 0 Å². The topological polar surface area (TPSA) is 36.0 Å². The van der Waals surface area contributed by atoms with Crippen LogP contribution in [0.15, 0.2) is 25.3 Å². The predicted molar refractivity (Wildman–Crippen MR) is 143 cm³/mol. The first kappa shape index (κ1) is 35.3. The molecule has 0 saturated carbocycles. The summed E-state index contributed by atoms with van der Waals surface area (Å²) in [6.45, 7) is 37.5. The largest absolute Gasteiger partial charge is 0.445 e. The Kier molecular flexibility index (Phi) is 22.4. The van der Waals surface area contributed by atoms with Crippen LogP contribution in [0.3, 0.4) is 0 Å². The molecule has 0 atom stereocenters. The monoisotopic (exact) mass is 455 g/mol. The van der Waals surface area contributed by atoms with Crippen LogP contribution in [0.2, 0.25) is 0 Å². The standard InChI is InChI=1S/C10H19NO2.C9H19N.C8H19N/c1-6-7-13-10(12)11(8(2)3)9(4)5;1-6-7-10(8(2)3)9(4)5;1-6-9(7(2)3)8(4)5/h6,8-9H,1,7H2,2-5H3;6,8-9H,1,7H2,2-5H3;7-8H,6H2,1-5H3. The molecule has 5 heteroatoms. The van der Waals surface area contributed by atoms with Gasteiger partial charge in [-0.25, -0.2) is 4.79 Å². The van der Waals surface area contributed by atoms with Crippen LogP contribution in [0.4, 0.5) is 4.79 Å². The van der Waals surface area contributed by atoms with Gasteiger partial charge < -0.3 is 9.64 Å². The lowest BCUT2D eigenvalue weighted by Gasteiger charge is -2.29. The summed E-state index contributed by atoms with van der Waals surface area (Å²) in [7, 11) is 0. The van der Waals surface area contributed by atoms with Gasteiger partial charge in [0.1, 0.15) is 6.61 Å². The maximum absolute atomic E-state index is 11.4. The molecule has 0 N–H and O–H groups in total. The zero-order valence-corrected chi connectivity index (χ0v) is 23.8. The van der Waals surface area contributed by atoms with Crippen molar-refractivity contribution in [2.45, 2.75) is 126 Å². The van der Waals surface area contributed by atoms with E-state index in [0.717, 1.165) is 13.1 Å². The van der Waals surface area contributed by atoms with Crippen molar-refractivity contribution < 1.29 is 9.53 Å². The van der Waals surface area contributed by atoms with Crippen LogP contribution in [0.25, 0.3) is 0 Å². The number of carbonyl (C=O) groups is 1. The van der Waals surface area contributed by atoms with E-state index in [9.17, 15) is 4.79 Å². The molecule has 32 heavy (non-hydrogen) atoms. The highest BCUT2D eigenvalue weighted by Crippen LogP contribution is 2.07. The molecule has 0 saturated heterocycles. The van der Waals surface area contributed by atoms with Gasteiger partial charge in [0.2, 0.25) is 0 Å². The van der Waals surface area contributed by atoms with Crippen LogP contribution in [0.1, 0.15) is 90.0 Å². The minimum Gasteiger partial charge on any atom is -0.445 e. The maximum atomic E-state index is 11.4. The lowest BCUT2D eigenvalue weighted by atomic mass is 10.2. The summed E-state index contributed by atoms with van der Waals surface area (Å²) in [5, 5.41) is 0. The second-order valence-electron chi connectivity index (χ2n) is 9.65. The molecule has 0 radical (unpaired) electrons. The SMILES string of the molecule is C=CCN(C(C)C)C(C)C.C=CCOC(=O)N(C(C)C)C(C)C.CCN(C(C)C)C(C)C. The zero-order chi connectivity index (χ0) is 26.0. The van der Waals surface area contributed by atoms with Gasteiger partial charge in [-0.3, -0.25) is 9.80 Å². The van der Waals surface area contributed by atoms with Crippen LogP contribution in [0, 0.1) is 0 Å². The van der Waals surface area contributed by atoms with Crippen molar-refractivity contribution in [2.24, 2.45) is 0 Å². The number of rotatable bonds is 11. The molecule has 0 aromatic rings. The van der Waals surface area contributed by atoms with E-state index >= 15 is 0 Å². The van der Waals surface area contributed by atoms with Gasteiger partial charge >= 0.3 is 6.09 Å². The molecule has 0 aliphatic heterocycles. The Morgan fingerprint density at radius 1 is 0.688 bits per heavy atom. The summed E-state index contributed by atoms with van der Waals surface area (Å²) >= 11 is 0. The zero-order valence-electron chi connectivity index (χ0n) is 23.8. The molecule has 5 nitrogen and oxygen atoms in total. The van der Waals surface area contributed by atoms with Gasteiger partial charge in [0.05, 0.1) is 0 Å². The maximum Gasteiger partial charge on any atom is 0.410 e. The number of hydrogen-bond donors (Lipinski definition) is 0. The average Bonchev–Trinajstić information content (AvgIpc) is 2.64. The van der Waals surface area contributed by atoms with E-state index in [4.69, 9.17) is 4.74 Å². The third kappa shape index (κ3) is 17.3. The van der Waals surface area contributed by atoms with Gasteiger partial charge in [-0.1, -0.05) is 25.7 Å². The Labute approximate surface area is 201 Å². The molecule has 0 aromatic carbocycles. The molecular weight excluding hydrogens is 398 g/mol. The minimum atomic E-state index is -0.273. The lowest BCUT2D eigenvalue weighted by Crippen LogP contribution is -2.42. The average molecular weight is 456 g/mol. The number of ether oxygens (including phenoxy) is 1. The normalized spacial score (nSPS) is 11.2. The molecule has 192 valence electrons. The quantitative estimate of drug-likeness (QED) is 0.319. The van der Waals surface area contributed by atoms with Gasteiger partial charge in [0.25, 0.3) is 0 Å².